The highest BCUT2D eigenvalue weighted by Crippen LogP contribution is 2.18. The predicted molar refractivity (Wildman–Crippen MR) is 79.0 cm³/mol. The van der Waals surface area contributed by atoms with Crippen LogP contribution in [0, 0.1) is 25.7 Å². The van der Waals surface area contributed by atoms with E-state index in [0.717, 1.165) is 16.8 Å². The van der Waals surface area contributed by atoms with Gasteiger partial charge in [-0.05, 0) is 38.1 Å². The molecule has 1 aromatic carbocycles. The van der Waals surface area contributed by atoms with E-state index in [4.69, 9.17) is 9.63 Å². The maximum absolute atomic E-state index is 12.1. The largest absolute Gasteiger partial charge is 0.395 e. The standard InChI is InChI=1S/C16H16N2O3/c1-11-12(2)18-21-16(11)17-15(20)14-8-6-13(7-9-14)5-3-4-10-19/h6-9,19H,4,10H2,1-2H3,(H,17,20). The summed E-state index contributed by atoms with van der Waals surface area (Å²) in [6.07, 6.45) is 0.437. The third kappa shape index (κ3) is 3.71. The van der Waals surface area contributed by atoms with Crippen LogP contribution >= 0.6 is 0 Å². The second-order valence-corrected chi connectivity index (χ2v) is 4.53. The van der Waals surface area contributed by atoms with E-state index in [1.54, 1.807) is 24.3 Å². The number of nitrogens with zero attached hydrogens (tertiary/aromatic N) is 1. The molecule has 108 valence electrons. The molecule has 0 aliphatic carbocycles. The molecule has 2 N–H and O–H groups in total. The fraction of sp³-hybridized carbons (Fsp3) is 0.250. The van der Waals surface area contributed by atoms with Crippen LogP contribution in [0.25, 0.3) is 0 Å². The van der Waals surface area contributed by atoms with E-state index < -0.39 is 0 Å². The van der Waals surface area contributed by atoms with Gasteiger partial charge in [0.25, 0.3) is 5.91 Å². The van der Waals surface area contributed by atoms with Crippen LogP contribution in [0.4, 0.5) is 5.88 Å². The first-order valence-corrected chi connectivity index (χ1v) is 6.56. The minimum absolute atomic E-state index is 0.0451. The summed E-state index contributed by atoms with van der Waals surface area (Å²) in [6, 6.07) is 6.91. The summed E-state index contributed by atoms with van der Waals surface area (Å²) in [5.41, 5.74) is 2.87. The van der Waals surface area contributed by atoms with Crippen molar-refractivity contribution in [3.63, 3.8) is 0 Å². The van der Waals surface area contributed by atoms with E-state index in [-0.39, 0.29) is 12.5 Å². The molecular weight excluding hydrogens is 268 g/mol. The zero-order valence-corrected chi connectivity index (χ0v) is 11.9. The number of aliphatic hydroxyl groups excluding tert-OH is 1. The number of nitrogens with one attached hydrogen (secondary N) is 1. The number of aryl methyl sites for hydroxylation is 1. The number of aliphatic hydroxyl groups is 1. The lowest BCUT2D eigenvalue weighted by molar-refractivity contribution is 0.102. The number of hydrogen-bond donors (Lipinski definition) is 2. The van der Waals surface area contributed by atoms with Gasteiger partial charge in [0.1, 0.15) is 0 Å². The van der Waals surface area contributed by atoms with Crippen LogP contribution in [0.2, 0.25) is 0 Å². The molecule has 0 saturated carbocycles. The highest BCUT2D eigenvalue weighted by Gasteiger charge is 2.12. The molecule has 5 heteroatoms. The Bertz CT molecular complexity index is 691. The molecule has 5 nitrogen and oxygen atoms in total. The quantitative estimate of drug-likeness (QED) is 0.848. The van der Waals surface area contributed by atoms with Crippen LogP contribution in [0.1, 0.15) is 33.6 Å². The van der Waals surface area contributed by atoms with Crippen molar-refractivity contribution in [3.8, 4) is 11.8 Å². The van der Waals surface area contributed by atoms with Crippen molar-refractivity contribution in [3.05, 3.63) is 46.6 Å². The topological polar surface area (TPSA) is 75.4 Å². The van der Waals surface area contributed by atoms with Crippen molar-refractivity contribution in [2.24, 2.45) is 0 Å². The molecule has 0 unspecified atom stereocenters. The summed E-state index contributed by atoms with van der Waals surface area (Å²) in [5, 5.41) is 15.1. The lowest BCUT2D eigenvalue weighted by Gasteiger charge is -2.02. The Hall–Kier alpha value is -2.58. The Morgan fingerprint density at radius 2 is 2.05 bits per heavy atom. The number of amides is 1. The van der Waals surface area contributed by atoms with E-state index in [1.807, 2.05) is 13.8 Å². The Morgan fingerprint density at radius 3 is 2.62 bits per heavy atom. The molecule has 0 bridgehead atoms. The van der Waals surface area contributed by atoms with Gasteiger partial charge in [0.2, 0.25) is 5.88 Å². The monoisotopic (exact) mass is 284 g/mol. The fourth-order valence-electron chi connectivity index (χ4n) is 1.63. The van der Waals surface area contributed by atoms with E-state index in [1.165, 1.54) is 0 Å². The fourth-order valence-corrected chi connectivity index (χ4v) is 1.63. The average molecular weight is 284 g/mol. The van der Waals surface area contributed by atoms with Crippen LogP contribution < -0.4 is 5.32 Å². The predicted octanol–water partition coefficient (Wildman–Crippen LogP) is 2.28. The second-order valence-electron chi connectivity index (χ2n) is 4.53. The molecule has 21 heavy (non-hydrogen) atoms. The first kappa shape index (κ1) is 14.8. The van der Waals surface area contributed by atoms with Gasteiger partial charge in [-0.25, -0.2) is 0 Å². The van der Waals surface area contributed by atoms with Gasteiger partial charge in [-0.1, -0.05) is 17.0 Å². The number of hydrogen-bond acceptors (Lipinski definition) is 4. The number of benzene rings is 1. The zero-order chi connectivity index (χ0) is 15.2. The van der Waals surface area contributed by atoms with Crippen LogP contribution in [-0.2, 0) is 0 Å². The third-order valence-corrected chi connectivity index (χ3v) is 3.00. The van der Waals surface area contributed by atoms with Crippen molar-refractivity contribution in [2.45, 2.75) is 20.3 Å². The molecule has 1 aromatic heterocycles. The molecule has 2 aromatic rings. The third-order valence-electron chi connectivity index (χ3n) is 3.00. The van der Waals surface area contributed by atoms with Gasteiger partial charge in [0, 0.05) is 23.1 Å². The number of aromatic nitrogens is 1. The molecular formula is C16H16N2O3. The molecule has 0 aliphatic heterocycles. The summed E-state index contributed by atoms with van der Waals surface area (Å²) >= 11 is 0. The smallest absolute Gasteiger partial charge is 0.258 e. The van der Waals surface area contributed by atoms with Crippen molar-refractivity contribution < 1.29 is 14.4 Å². The molecule has 1 heterocycles. The van der Waals surface area contributed by atoms with Crippen molar-refractivity contribution in [1.82, 2.24) is 5.16 Å². The van der Waals surface area contributed by atoms with Crippen molar-refractivity contribution >= 4 is 11.8 Å². The van der Waals surface area contributed by atoms with E-state index in [9.17, 15) is 4.79 Å². The van der Waals surface area contributed by atoms with Crippen molar-refractivity contribution in [2.75, 3.05) is 11.9 Å². The van der Waals surface area contributed by atoms with Crippen molar-refractivity contribution in [1.29, 1.82) is 0 Å². The SMILES string of the molecule is Cc1noc(NC(=O)c2ccc(C#CCCO)cc2)c1C. The number of anilines is 1. The maximum Gasteiger partial charge on any atom is 0.258 e. The van der Waals surface area contributed by atoms with Crippen LogP contribution in [0.3, 0.4) is 0 Å². The first-order valence-electron chi connectivity index (χ1n) is 6.56. The first-order chi connectivity index (χ1) is 10.1. The number of carbonyl (C=O) groups excluding carboxylic acids is 1. The van der Waals surface area contributed by atoms with E-state index >= 15 is 0 Å². The normalized spacial score (nSPS) is 9.86. The number of carbonyl (C=O) groups is 1. The van der Waals surface area contributed by atoms with Gasteiger partial charge in [-0.3, -0.25) is 10.1 Å². The highest BCUT2D eigenvalue weighted by atomic mass is 16.5. The van der Waals surface area contributed by atoms with Gasteiger partial charge in [-0.2, -0.15) is 0 Å². The van der Waals surface area contributed by atoms with Crippen LogP contribution in [0.15, 0.2) is 28.8 Å². The Kier molecular flexibility index (Phi) is 4.75. The molecule has 1 amide bonds. The summed E-state index contributed by atoms with van der Waals surface area (Å²) in [7, 11) is 0. The minimum atomic E-state index is -0.260. The Morgan fingerprint density at radius 1 is 1.33 bits per heavy atom. The second kappa shape index (κ2) is 6.73. The van der Waals surface area contributed by atoms with Gasteiger partial charge < -0.3 is 9.63 Å². The summed E-state index contributed by atoms with van der Waals surface area (Å²) in [4.78, 5) is 12.1. The molecule has 0 radical (unpaired) electrons. The van der Waals surface area contributed by atoms with Crippen LogP contribution in [-0.4, -0.2) is 22.8 Å². The highest BCUT2D eigenvalue weighted by molar-refractivity contribution is 6.03. The Labute approximate surface area is 123 Å². The zero-order valence-electron chi connectivity index (χ0n) is 11.9. The molecule has 0 saturated heterocycles. The maximum atomic E-state index is 12.1. The van der Waals surface area contributed by atoms with Gasteiger partial charge in [-0.15, -0.1) is 0 Å². The average Bonchev–Trinajstić information content (AvgIpc) is 2.80. The number of rotatable bonds is 3. The van der Waals surface area contributed by atoms with Gasteiger partial charge in [0.15, 0.2) is 0 Å². The molecule has 0 spiro atoms. The summed E-state index contributed by atoms with van der Waals surface area (Å²) < 4.78 is 5.05. The molecule has 0 atom stereocenters. The summed E-state index contributed by atoms with van der Waals surface area (Å²) in [6.45, 7) is 3.69. The lowest BCUT2D eigenvalue weighted by Crippen LogP contribution is -2.11. The van der Waals surface area contributed by atoms with Gasteiger partial charge in [0.05, 0.1) is 12.3 Å². The van der Waals surface area contributed by atoms with E-state index in [0.29, 0.717) is 17.9 Å². The molecule has 0 aliphatic rings. The van der Waals surface area contributed by atoms with E-state index in [2.05, 4.69) is 22.3 Å². The summed E-state index contributed by atoms with van der Waals surface area (Å²) in [5.74, 6) is 5.83. The Balaban J connectivity index is 2.07. The minimum Gasteiger partial charge on any atom is -0.395 e. The molecule has 2 rings (SSSR count). The lowest BCUT2D eigenvalue weighted by atomic mass is 10.1. The van der Waals surface area contributed by atoms with Gasteiger partial charge >= 0.3 is 0 Å². The van der Waals surface area contributed by atoms with Crippen LogP contribution in [0.5, 0.6) is 0 Å². The molecule has 0 fully saturated rings.